The third-order valence-electron chi connectivity index (χ3n) is 3.62. The van der Waals surface area contributed by atoms with E-state index in [4.69, 9.17) is 4.42 Å². The molecule has 4 aromatic rings. The van der Waals surface area contributed by atoms with Gasteiger partial charge in [0.15, 0.2) is 5.58 Å². The predicted octanol–water partition coefficient (Wildman–Crippen LogP) is 6.01. The van der Waals surface area contributed by atoms with E-state index in [2.05, 4.69) is 25.9 Å². The normalized spacial score (nSPS) is 11.4. The van der Waals surface area contributed by atoms with Crippen LogP contribution in [-0.4, -0.2) is 11.2 Å². The van der Waals surface area contributed by atoms with Crippen molar-refractivity contribution in [2.45, 2.75) is 0 Å². The van der Waals surface area contributed by atoms with Crippen LogP contribution in [0.2, 0.25) is 0 Å². The van der Waals surface area contributed by atoms with Gasteiger partial charge < -0.3 is 4.42 Å². The lowest BCUT2D eigenvalue weighted by molar-refractivity contribution is 0.620. The first-order valence-electron chi connectivity index (χ1n) is 7.54. The summed E-state index contributed by atoms with van der Waals surface area (Å²) in [5, 5.41) is 0. The van der Waals surface area contributed by atoms with Gasteiger partial charge in [-0.2, -0.15) is 0 Å². The summed E-state index contributed by atoms with van der Waals surface area (Å²) in [6, 6.07) is 23.7. The molecule has 4 heteroatoms. The van der Waals surface area contributed by atoms with Crippen molar-refractivity contribution in [2.24, 2.45) is 4.99 Å². The van der Waals surface area contributed by atoms with Crippen molar-refractivity contribution in [2.75, 3.05) is 0 Å². The molecule has 4 rings (SSSR count). The summed E-state index contributed by atoms with van der Waals surface area (Å²) in [6.45, 7) is 0. The number of rotatable bonds is 3. The first-order chi connectivity index (χ1) is 11.8. The molecule has 0 aliphatic carbocycles. The Morgan fingerprint density at radius 3 is 2.50 bits per heavy atom. The molecule has 0 spiro atoms. The quantitative estimate of drug-likeness (QED) is 0.410. The van der Waals surface area contributed by atoms with Gasteiger partial charge in [-0.15, -0.1) is 0 Å². The fourth-order valence-electron chi connectivity index (χ4n) is 2.40. The standard InChI is InChI=1S/C20H13BrN2O/c21-16-8-6-15(7-9-16)20-23-18-12-17(10-11-19(18)24-20)22-13-14-4-2-1-3-5-14/h1-13H. The van der Waals surface area contributed by atoms with E-state index in [1.807, 2.05) is 79.0 Å². The number of benzene rings is 3. The number of aliphatic imine (C=N–C) groups is 1. The van der Waals surface area contributed by atoms with Crippen LogP contribution in [0.5, 0.6) is 0 Å². The highest BCUT2D eigenvalue weighted by Gasteiger charge is 2.08. The summed E-state index contributed by atoms with van der Waals surface area (Å²) in [5.41, 5.74) is 4.42. The minimum absolute atomic E-state index is 0.613. The van der Waals surface area contributed by atoms with Crippen molar-refractivity contribution in [3.05, 3.63) is 82.8 Å². The van der Waals surface area contributed by atoms with Crippen molar-refractivity contribution < 1.29 is 4.42 Å². The van der Waals surface area contributed by atoms with E-state index in [9.17, 15) is 0 Å². The van der Waals surface area contributed by atoms with Crippen molar-refractivity contribution in [3.8, 4) is 11.5 Å². The molecule has 0 atom stereocenters. The molecule has 1 aromatic heterocycles. The molecule has 0 saturated heterocycles. The van der Waals surface area contributed by atoms with E-state index >= 15 is 0 Å². The SMILES string of the molecule is Brc1ccc(-c2nc3cc(N=Cc4ccccc4)ccc3o2)cc1. The largest absolute Gasteiger partial charge is 0.436 e. The first kappa shape index (κ1) is 14.8. The molecule has 1 heterocycles. The maximum atomic E-state index is 5.83. The number of hydrogen-bond donors (Lipinski definition) is 0. The molecule has 0 aliphatic heterocycles. The van der Waals surface area contributed by atoms with Crippen LogP contribution in [0.15, 0.2) is 86.7 Å². The van der Waals surface area contributed by atoms with E-state index in [0.29, 0.717) is 5.89 Å². The molecule has 0 fully saturated rings. The molecule has 0 N–H and O–H groups in total. The molecule has 0 amide bonds. The molecule has 3 nitrogen and oxygen atoms in total. The Hall–Kier alpha value is -2.72. The molecule has 0 aliphatic rings. The maximum Gasteiger partial charge on any atom is 0.227 e. The van der Waals surface area contributed by atoms with Crippen LogP contribution in [0.3, 0.4) is 0 Å². The van der Waals surface area contributed by atoms with Crippen molar-refractivity contribution in [1.29, 1.82) is 0 Å². The third kappa shape index (κ3) is 3.14. The third-order valence-corrected chi connectivity index (χ3v) is 4.15. The van der Waals surface area contributed by atoms with Crippen molar-refractivity contribution in [1.82, 2.24) is 4.98 Å². The second-order valence-corrected chi connectivity index (χ2v) is 6.26. The van der Waals surface area contributed by atoms with Crippen LogP contribution in [0.1, 0.15) is 5.56 Å². The second kappa shape index (κ2) is 6.42. The number of oxazole rings is 1. The number of hydrogen-bond acceptors (Lipinski definition) is 3. The van der Waals surface area contributed by atoms with Crippen LogP contribution in [0, 0.1) is 0 Å². The Labute approximate surface area is 147 Å². The molecule has 0 radical (unpaired) electrons. The number of halogens is 1. The van der Waals surface area contributed by atoms with Crippen LogP contribution in [0.4, 0.5) is 5.69 Å². The minimum Gasteiger partial charge on any atom is -0.436 e. The van der Waals surface area contributed by atoms with Gasteiger partial charge in [0.25, 0.3) is 0 Å². The zero-order chi connectivity index (χ0) is 16.4. The lowest BCUT2D eigenvalue weighted by atomic mass is 10.2. The molecular formula is C20H13BrN2O. The lowest BCUT2D eigenvalue weighted by Gasteiger charge is -1.94. The summed E-state index contributed by atoms with van der Waals surface area (Å²) in [6.07, 6.45) is 1.84. The fraction of sp³-hybridized carbons (Fsp3) is 0. The van der Waals surface area contributed by atoms with E-state index in [1.165, 1.54) is 0 Å². The van der Waals surface area contributed by atoms with E-state index in [-0.39, 0.29) is 0 Å². The van der Waals surface area contributed by atoms with Crippen LogP contribution >= 0.6 is 15.9 Å². The highest BCUT2D eigenvalue weighted by atomic mass is 79.9. The Morgan fingerprint density at radius 2 is 1.71 bits per heavy atom. The van der Waals surface area contributed by atoms with Gasteiger partial charge in [0.1, 0.15) is 5.52 Å². The fourth-order valence-corrected chi connectivity index (χ4v) is 2.66. The van der Waals surface area contributed by atoms with Crippen molar-refractivity contribution in [3.63, 3.8) is 0 Å². The second-order valence-electron chi connectivity index (χ2n) is 5.35. The van der Waals surface area contributed by atoms with Gasteiger partial charge in [-0.25, -0.2) is 4.98 Å². The van der Waals surface area contributed by atoms with Crippen LogP contribution in [-0.2, 0) is 0 Å². The maximum absolute atomic E-state index is 5.83. The van der Waals surface area contributed by atoms with Gasteiger partial charge in [0.05, 0.1) is 5.69 Å². The topological polar surface area (TPSA) is 38.4 Å². The average Bonchev–Trinajstić information content (AvgIpc) is 3.05. The summed E-state index contributed by atoms with van der Waals surface area (Å²) in [7, 11) is 0. The Balaban J connectivity index is 1.66. The summed E-state index contributed by atoms with van der Waals surface area (Å²) < 4.78 is 6.86. The molecule has 0 saturated carbocycles. The highest BCUT2D eigenvalue weighted by molar-refractivity contribution is 9.10. The van der Waals surface area contributed by atoms with Gasteiger partial charge in [-0.3, -0.25) is 4.99 Å². The summed E-state index contributed by atoms with van der Waals surface area (Å²) in [4.78, 5) is 9.08. The number of aromatic nitrogens is 1. The van der Waals surface area contributed by atoms with Gasteiger partial charge in [-0.05, 0) is 48.0 Å². The average molecular weight is 377 g/mol. The minimum atomic E-state index is 0.613. The zero-order valence-corrected chi connectivity index (χ0v) is 14.3. The van der Waals surface area contributed by atoms with Gasteiger partial charge in [0, 0.05) is 16.3 Å². The number of nitrogens with zero attached hydrogens (tertiary/aromatic N) is 2. The zero-order valence-electron chi connectivity index (χ0n) is 12.7. The Bertz CT molecular complexity index is 1000. The van der Waals surface area contributed by atoms with Gasteiger partial charge >= 0.3 is 0 Å². The van der Waals surface area contributed by atoms with Gasteiger partial charge in [0.2, 0.25) is 5.89 Å². The first-order valence-corrected chi connectivity index (χ1v) is 8.33. The van der Waals surface area contributed by atoms with E-state index in [0.717, 1.165) is 32.4 Å². The Morgan fingerprint density at radius 1 is 0.917 bits per heavy atom. The number of fused-ring (bicyclic) bond motifs is 1. The van der Waals surface area contributed by atoms with Crippen LogP contribution < -0.4 is 0 Å². The molecule has 24 heavy (non-hydrogen) atoms. The molecular weight excluding hydrogens is 364 g/mol. The van der Waals surface area contributed by atoms with E-state index in [1.54, 1.807) is 0 Å². The highest BCUT2D eigenvalue weighted by Crippen LogP contribution is 2.27. The Kier molecular flexibility index (Phi) is 3.97. The van der Waals surface area contributed by atoms with Crippen LogP contribution in [0.25, 0.3) is 22.6 Å². The van der Waals surface area contributed by atoms with Gasteiger partial charge in [-0.1, -0.05) is 46.3 Å². The molecule has 0 unspecified atom stereocenters. The summed E-state index contributed by atoms with van der Waals surface area (Å²) in [5.74, 6) is 0.613. The predicted molar refractivity (Wildman–Crippen MR) is 101 cm³/mol. The molecule has 3 aromatic carbocycles. The summed E-state index contributed by atoms with van der Waals surface area (Å²) >= 11 is 3.43. The molecule has 0 bridgehead atoms. The molecule has 116 valence electrons. The lowest BCUT2D eigenvalue weighted by Crippen LogP contribution is -1.78. The van der Waals surface area contributed by atoms with E-state index < -0.39 is 0 Å². The smallest absolute Gasteiger partial charge is 0.227 e. The van der Waals surface area contributed by atoms with Crippen molar-refractivity contribution >= 4 is 38.9 Å². The monoisotopic (exact) mass is 376 g/mol.